The van der Waals surface area contributed by atoms with Crippen LogP contribution in [0.5, 0.6) is 0 Å². The summed E-state index contributed by atoms with van der Waals surface area (Å²) in [5, 5.41) is 14.1. The number of nitrogens with one attached hydrogen (secondary N) is 1. The molecule has 19 heavy (non-hydrogen) atoms. The van der Waals surface area contributed by atoms with Crippen molar-refractivity contribution >= 4 is 21.6 Å². The molecule has 0 aliphatic rings. The standard InChI is InChI=1S/C14H20N2O2S/c1-11(15-4-2-6-18-7-5-17)12-9-14-13(16-10-12)3-8-19-14/h3,8-11,15,17H,2,4-7H2,1H3. The van der Waals surface area contributed by atoms with Gasteiger partial charge in [0.1, 0.15) is 0 Å². The second kappa shape index (κ2) is 7.55. The van der Waals surface area contributed by atoms with Gasteiger partial charge < -0.3 is 15.2 Å². The number of pyridine rings is 1. The van der Waals surface area contributed by atoms with Crippen LogP contribution >= 0.6 is 11.3 Å². The number of rotatable bonds is 8. The zero-order valence-corrected chi connectivity index (χ0v) is 11.9. The molecule has 0 bridgehead atoms. The van der Waals surface area contributed by atoms with Crippen LogP contribution < -0.4 is 5.32 Å². The lowest BCUT2D eigenvalue weighted by Gasteiger charge is -2.14. The van der Waals surface area contributed by atoms with Crippen molar-refractivity contribution in [3.63, 3.8) is 0 Å². The highest BCUT2D eigenvalue weighted by Gasteiger charge is 2.06. The molecular weight excluding hydrogens is 260 g/mol. The average molecular weight is 280 g/mol. The maximum Gasteiger partial charge on any atom is 0.0809 e. The third-order valence-corrected chi connectivity index (χ3v) is 3.83. The number of nitrogens with zero attached hydrogens (tertiary/aromatic N) is 1. The minimum absolute atomic E-state index is 0.0936. The third kappa shape index (κ3) is 4.24. The van der Waals surface area contributed by atoms with Gasteiger partial charge in [0.25, 0.3) is 0 Å². The van der Waals surface area contributed by atoms with E-state index in [9.17, 15) is 0 Å². The topological polar surface area (TPSA) is 54.4 Å². The summed E-state index contributed by atoms with van der Waals surface area (Å²) >= 11 is 1.72. The summed E-state index contributed by atoms with van der Waals surface area (Å²) < 4.78 is 6.45. The van der Waals surface area contributed by atoms with Crippen molar-refractivity contribution in [2.24, 2.45) is 0 Å². The Kier molecular flexibility index (Phi) is 5.72. The Balaban J connectivity index is 1.77. The van der Waals surface area contributed by atoms with E-state index in [0.29, 0.717) is 13.2 Å². The van der Waals surface area contributed by atoms with E-state index in [4.69, 9.17) is 9.84 Å². The SMILES string of the molecule is CC(NCCCOCCO)c1cnc2ccsc2c1. The summed E-state index contributed by atoms with van der Waals surface area (Å²) in [5.74, 6) is 0. The van der Waals surface area contributed by atoms with E-state index in [1.165, 1.54) is 10.3 Å². The maximum atomic E-state index is 8.58. The number of ether oxygens (including phenoxy) is 1. The van der Waals surface area contributed by atoms with Crippen molar-refractivity contribution in [1.82, 2.24) is 10.3 Å². The van der Waals surface area contributed by atoms with Crippen molar-refractivity contribution in [2.75, 3.05) is 26.4 Å². The zero-order chi connectivity index (χ0) is 13.5. The molecular formula is C14H20N2O2S. The van der Waals surface area contributed by atoms with Crippen LogP contribution in [0.2, 0.25) is 0 Å². The Morgan fingerprint density at radius 1 is 1.47 bits per heavy atom. The molecule has 0 aliphatic heterocycles. The molecule has 1 unspecified atom stereocenters. The molecule has 1 atom stereocenters. The van der Waals surface area contributed by atoms with Crippen LogP contribution in [0, 0.1) is 0 Å². The van der Waals surface area contributed by atoms with Crippen LogP contribution in [0.15, 0.2) is 23.7 Å². The molecule has 2 N–H and O–H groups in total. The highest BCUT2D eigenvalue weighted by molar-refractivity contribution is 7.17. The van der Waals surface area contributed by atoms with E-state index in [2.05, 4.69) is 28.7 Å². The molecule has 0 amide bonds. The van der Waals surface area contributed by atoms with Crippen molar-refractivity contribution in [2.45, 2.75) is 19.4 Å². The van der Waals surface area contributed by atoms with Crippen LogP contribution in [0.1, 0.15) is 24.9 Å². The van der Waals surface area contributed by atoms with Crippen LogP contribution in [-0.4, -0.2) is 36.5 Å². The van der Waals surface area contributed by atoms with Gasteiger partial charge in [-0.1, -0.05) is 0 Å². The van der Waals surface area contributed by atoms with Gasteiger partial charge in [-0.2, -0.15) is 0 Å². The fraction of sp³-hybridized carbons (Fsp3) is 0.500. The zero-order valence-electron chi connectivity index (χ0n) is 11.1. The predicted molar refractivity (Wildman–Crippen MR) is 78.6 cm³/mol. The van der Waals surface area contributed by atoms with E-state index in [1.807, 2.05) is 12.3 Å². The van der Waals surface area contributed by atoms with Gasteiger partial charge in [0, 0.05) is 18.8 Å². The van der Waals surface area contributed by atoms with Crippen molar-refractivity contribution in [3.8, 4) is 0 Å². The summed E-state index contributed by atoms with van der Waals surface area (Å²) in [7, 11) is 0. The van der Waals surface area contributed by atoms with Gasteiger partial charge in [0.05, 0.1) is 23.4 Å². The monoisotopic (exact) mass is 280 g/mol. The van der Waals surface area contributed by atoms with Crippen molar-refractivity contribution in [1.29, 1.82) is 0 Å². The molecule has 0 radical (unpaired) electrons. The second-order valence-corrected chi connectivity index (χ2v) is 5.39. The number of hydrogen-bond acceptors (Lipinski definition) is 5. The van der Waals surface area contributed by atoms with Gasteiger partial charge in [-0.05, 0) is 43.0 Å². The number of hydrogen-bond donors (Lipinski definition) is 2. The third-order valence-electron chi connectivity index (χ3n) is 2.98. The van der Waals surface area contributed by atoms with Crippen LogP contribution in [0.4, 0.5) is 0 Å². The molecule has 4 nitrogen and oxygen atoms in total. The first-order valence-corrected chi connectivity index (χ1v) is 7.44. The minimum Gasteiger partial charge on any atom is -0.394 e. The van der Waals surface area contributed by atoms with Crippen LogP contribution in [0.25, 0.3) is 10.2 Å². The first-order valence-electron chi connectivity index (χ1n) is 6.56. The molecule has 2 heterocycles. The van der Waals surface area contributed by atoms with E-state index in [0.717, 1.165) is 18.5 Å². The summed E-state index contributed by atoms with van der Waals surface area (Å²) in [4.78, 5) is 4.45. The summed E-state index contributed by atoms with van der Waals surface area (Å²) in [6.45, 7) is 4.24. The molecule has 0 saturated carbocycles. The Hall–Kier alpha value is -1.01. The first kappa shape index (κ1) is 14.4. The molecule has 5 heteroatoms. The lowest BCUT2D eigenvalue weighted by molar-refractivity contribution is 0.0904. The molecule has 0 aliphatic carbocycles. The minimum atomic E-state index is 0.0936. The number of fused-ring (bicyclic) bond motifs is 1. The lowest BCUT2D eigenvalue weighted by atomic mass is 10.1. The highest BCUT2D eigenvalue weighted by Crippen LogP contribution is 2.22. The average Bonchev–Trinajstić information content (AvgIpc) is 2.89. The first-order chi connectivity index (χ1) is 9.31. The second-order valence-electron chi connectivity index (χ2n) is 4.44. The molecule has 2 aromatic heterocycles. The van der Waals surface area contributed by atoms with Gasteiger partial charge in [-0.3, -0.25) is 4.98 Å². The molecule has 0 aromatic carbocycles. The largest absolute Gasteiger partial charge is 0.394 e. The van der Waals surface area contributed by atoms with Crippen molar-refractivity contribution < 1.29 is 9.84 Å². The molecule has 104 valence electrons. The molecule has 0 spiro atoms. The van der Waals surface area contributed by atoms with Crippen LogP contribution in [-0.2, 0) is 4.74 Å². The highest BCUT2D eigenvalue weighted by atomic mass is 32.1. The summed E-state index contributed by atoms with van der Waals surface area (Å²) in [6, 6.07) is 4.53. The molecule has 2 rings (SSSR count). The van der Waals surface area contributed by atoms with Gasteiger partial charge in [-0.15, -0.1) is 11.3 Å². The Morgan fingerprint density at radius 2 is 2.37 bits per heavy atom. The summed E-state index contributed by atoms with van der Waals surface area (Å²) in [5.41, 5.74) is 2.28. The predicted octanol–water partition coefficient (Wildman–Crippen LogP) is 2.35. The van der Waals surface area contributed by atoms with Gasteiger partial charge in [-0.25, -0.2) is 0 Å². The van der Waals surface area contributed by atoms with Crippen LogP contribution in [0.3, 0.4) is 0 Å². The number of aliphatic hydroxyl groups excluding tert-OH is 1. The molecule has 0 fully saturated rings. The van der Waals surface area contributed by atoms with E-state index >= 15 is 0 Å². The van der Waals surface area contributed by atoms with E-state index in [-0.39, 0.29) is 12.6 Å². The Labute approximate surface area is 117 Å². The number of thiophene rings is 1. The Morgan fingerprint density at radius 3 is 3.21 bits per heavy atom. The quantitative estimate of drug-likeness (QED) is 0.729. The van der Waals surface area contributed by atoms with E-state index < -0.39 is 0 Å². The number of aliphatic hydroxyl groups is 1. The summed E-state index contributed by atoms with van der Waals surface area (Å²) in [6.07, 6.45) is 2.88. The van der Waals surface area contributed by atoms with E-state index in [1.54, 1.807) is 11.3 Å². The number of aromatic nitrogens is 1. The van der Waals surface area contributed by atoms with Crippen molar-refractivity contribution in [3.05, 3.63) is 29.3 Å². The fourth-order valence-corrected chi connectivity index (χ4v) is 2.66. The lowest BCUT2D eigenvalue weighted by Crippen LogP contribution is -2.21. The fourth-order valence-electron chi connectivity index (χ4n) is 1.88. The smallest absolute Gasteiger partial charge is 0.0809 e. The molecule has 2 aromatic rings. The van der Waals surface area contributed by atoms with Gasteiger partial charge in [0.2, 0.25) is 0 Å². The molecule has 0 saturated heterocycles. The normalized spacial score (nSPS) is 12.9. The maximum absolute atomic E-state index is 8.58. The Bertz CT molecular complexity index is 501. The van der Waals surface area contributed by atoms with Gasteiger partial charge >= 0.3 is 0 Å². The van der Waals surface area contributed by atoms with Gasteiger partial charge in [0.15, 0.2) is 0 Å².